The zero-order valence-corrected chi connectivity index (χ0v) is 15.3. The Morgan fingerprint density at radius 2 is 1.68 bits per heavy atom. The van der Waals surface area contributed by atoms with Crippen molar-refractivity contribution in [3.63, 3.8) is 0 Å². The van der Waals surface area contributed by atoms with E-state index < -0.39 is 0 Å². The Balaban J connectivity index is 1.65. The summed E-state index contributed by atoms with van der Waals surface area (Å²) < 4.78 is 13.1. The predicted molar refractivity (Wildman–Crippen MR) is 103 cm³/mol. The minimum atomic E-state index is -0.152. The maximum atomic E-state index is 13.1. The lowest BCUT2D eigenvalue weighted by Gasteiger charge is -2.18. The number of hydrogen-bond donors (Lipinski definition) is 0. The van der Waals surface area contributed by atoms with Gasteiger partial charge in [0.05, 0.1) is 0 Å². The first kappa shape index (κ1) is 18.1. The van der Waals surface area contributed by atoms with Gasteiger partial charge in [0.25, 0.3) is 0 Å². The first-order valence-corrected chi connectivity index (χ1v) is 9.78. The quantitative estimate of drug-likeness (QED) is 0.532. The average Bonchev–Trinajstić information content (AvgIpc) is 3.04. The molecule has 0 radical (unpaired) electrons. The fraction of sp³-hybridized carbons (Fsp3) is 0.478. The molecule has 1 saturated heterocycles. The molecule has 0 aliphatic carbocycles. The summed E-state index contributed by atoms with van der Waals surface area (Å²) in [5, 5.41) is 0. The number of hydrogen-bond acceptors (Lipinski definition) is 1. The van der Waals surface area contributed by atoms with Gasteiger partial charge in [-0.05, 0) is 35.6 Å². The highest BCUT2D eigenvalue weighted by molar-refractivity contribution is 5.23. The van der Waals surface area contributed by atoms with E-state index in [-0.39, 0.29) is 5.82 Å². The smallest absolute Gasteiger partial charge is 0.123 e. The molecule has 25 heavy (non-hydrogen) atoms. The van der Waals surface area contributed by atoms with Crippen LogP contribution in [0, 0.1) is 11.7 Å². The molecule has 2 heteroatoms. The van der Waals surface area contributed by atoms with Gasteiger partial charge >= 0.3 is 0 Å². The SMILES string of the molecule is CCCCCCC1CN(Cc2ccc(F)cc2)CC1c1ccccc1. The van der Waals surface area contributed by atoms with E-state index in [0.29, 0.717) is 5.92 Å². The van der Waals surface area contributed by atoms with Crippen LogP contribution in [0.1, 0.15) is 56.1 Å². The normalized spacial score (nSPS) is 20.9. The van der Waals surface area contributed by atoms with Crippen LogP contribution in [0.2, 0.25) is 0 Å². The highest BCUT2D eigenvalue weighted by Crippen LogP contribution is 2.36. The number of unbranched alkanes of at least 4 members (excludes halogenated alkanes) is 3. The molecule has 0 spiro atoms. The zero-order valence-electron chi connectivity index (χ0n) is 15.3. The average molecular weight is 339 g/mol. The maximum absolute atomic E-state index is 13.1. The predicted octanol–water partition coefficient (Wildman–Crippen LogP) is 6.01. The molecule has 1 nitrogen and oxygen atoms in total. The molecule has 134 valence electrons. The van der Waals surface area contributed by atoms with Gasteiger partial charge in [-0.25, -0.2) is 4.39 Å². The monoisotopic (exact) mass is 339 g/mol. The van der Waals surface area contributed by atoms with Gasteiger partial charge in [-0.15, -0.1) is 0 Å². The number of nitrogens with zero attached hydrogens (tertiary/aromatic N) is 1. The Bertz CT molecular complexity index is 622. The summed E-state index contributed by atoms with van der Waals surface area (Å²) in [7, 11) is 0. The maximum Gasteiger partial charge on any atom is 0.123 e. The lowest BCUT2D eigenvalue weighted by molar-refractivity contribution is 0.311. The number of benzene rings is 2. The van der Waals surface area contributed by atoms with Crippen LogP contribution < -0.4 is 0 Å². The fourth-order valence-electron chi connectivity index (χ4n) is 4.14. The summed E-state index contributed by atoms with van der Waals surface area (Å²) in [5.74, 6) is 1.21. The van der Waals surface area contributed by atoms with Gasteiger partial charge < -0.3 is 0 Å². The van der Waals surface area contributed by atoms with Gasteiger partial charge in [-0.1, -0.05) is 75.1 Å². The van der Waals surface area contributed by atoms with Gasteiger partial charge in [0.1, 0.15) is 5.82 Å². The third-order valence-electron chi connectivity index (χ3n) is 5.49. The lowest BCUT2D eigenvalue weighted by atomic mass is 9.85. The molecule has 0 bridgehead atoms. The first-order chi connectivity index (χ1) is 12.3. The van der Waals surface area contributed by atoms with E-state index in [0.717, 1.165) is 25.6 Å². The topological polar surface area (TPSA) is 3.24 Å². The second kappa shape index (κ2) is 9.15. The largest absolute Gasteiger partial charge is 0.298 e. The molecule has 2 atom stereocenters. The molecular weight excluding hydrogens is 309 g/mol. The van der Waals surface area contributed by atoms with Crippen molar-refractivity contribution in [2.75, 3.05) is 13.1 Å². The van der Waals surface area contributed by atoms with Crippen LogP contribution in [0.25, 0.3) is 0 Å². The third-order valence-corrected chi connectivity index (χ3v) is 5.49. The minimum Gasteiger partial charge on any atom is -0.298 e. The number of rotatable bonds is 8. The van der Waals surface area contributed by atoms with E-state index in [9.17, 15) is 4.39 Å². The zero-order chi connectivity index (χ0) is 17.5. The van der Waals surface area contributed by atoms with Gasteiger partial charge in [0.2, 0.25) is 0 Å². The van der Waals surface area contributed by atoms with Gasteiger partial charge in [-0.2, -0.15) is 0 Å². The van der Waals surface area contributed by atoms with E-state index in [4.69, 9.17) is 0 Å². The van der Waals surface area contributed by atoms with Gasteiger partial charge in [0, 0.05) is 25.6 Å². The molecule has 1 heterocycles. The van der Waals surface area contributed by atoms with Crippen LogP contribution in [-0.2, 0) is 6.54 Å². The van der Waals surface area contributed by atoms with E-state index >= 15 is 0 Å². The molecule has 0 saturated carbocycles. The Morgan fingerprint density at radius 3 is 2.40 bits per heavy atom. The summed E-state index contributed by atoms with van der Waals surface area (Å²) in [4.78, 5) is 2.55. The fourth-order valence-corrected chi connectivity index (χ4v) is 4.14. The van der Waals surface area contributed by atoms with Crippen molar-refractivity contribution in [3.8, 4) is 0 Å². The Kier molecular flexibility index (Phi) is 6.63. The summed E-state index contributed by atoms with van der Waals surface area (Å²) in [6, 6.07) is 18.0. The number of halogens is 1. The first-order valence-electron chi connectivity index (χ1n) is 9.78. The van der Waals surface area contributed by atoms with Crippen LogP contribution >= 0.6 is 0 Å². The van der Waals surface area contributed by atoms with Crippen molar-refractivity contribution in [2.24, 2.45) is 5.92 Å². The molecule has 1 aliphatic heterocycles. The molecule has 2 aromatic carbocycles. The molecule has 0 amide bonds. The van der Waals surface area contributed by atoms with E-state index in [2.05, 4.69) is 42.2 Å². The van der Waals surface area contributed by atoms with Crippen molar-refractivity contribution < 1.29 is 4.39 Å². The summed E-state index contributed by atoms with van der Waals surface area (Å²) in [5.41, 5.74) is 2.68. The van der Waals surface area contributed by atoms with Crippen molar-refractivity contribution in [2.45, 2.75) is 51.5 Å². The molecule has 2 aromatic rings. The van der Waals surface area contributed by atoms with Crippen LogP contribution in [0.15, 0.2) is 54.6 Å². The Hall–Kier alpha value is -1.67. The highest BCUT2D eigenvalue weighted by atomic mass is 19.1. The van der Waals surface area contributed by atoms with Gasteiger partial charge in [0.15, 0.2) is 0 Å². The van der Waals surface area contributed by atoms with Crippen molar-refractivity contribution in [1.29, 1.82) is 0 Å². The summed E-state index contributed by atoms with van der Waals surface area (Å²) in [6.07, 6.45) is 6.66. The molecule has 1 aliphatic rings. The van der Waals surface area contributed by atoms with Crippen molar-refractivity contribution in [3.05, 3.63) is 71.5 Å². The van der Waals surface area contributed by atoms with Crippen LogP contribution in [-0.4, -0.2) is 18.0 Å². The van der Waals surface area contributed by atoms with Crippen LogP contribution in [0.5, 0.6) is 0 Å². The highest BCUT2D eigenvalue weighted by Gasteiger charge is 2.33. The number of likely N-dealkylation sites (tertiary alicyclic amines) is 1. The molecule has 0 aromatic heterocycles. The van der Waals surface area contributed by atoms with Crippen molar-refractivity contribution in [1.82, 2.24) is 4.90 Å². The summed E-state index contributed by atoms with van der Waals surface area (Å²) in [6.45, 7) is 5.46. The second-order valence-corrected chi connectivity index (χ2v) is 7.45. The van der Waals surface area contributed by atoms with E-state index in [1.807, 2.05) is 12.1 Å². The van der Waals surface area contributed by atoms with Gasteiger partial charge in [-0.3, -0.25) is 4.90 Å². The Labute approximate surface area is 151 Å². The van der Waals surface area contributed by atoms with E-state index in [1.165, 1.54) is 43.2 Å². The molecular formula is C23H30FN. The minimum absolute atomic E-state index is 0.152. The second-order valence-electron chi connectivity index (χ2n) is 7.45. The molecule has 3 rings (SSSR count). The van der Waals surface area contributed by atoms with Crippen LogP contribution in [0.3, 0.4) is 0 Å². The van der Waals surface area contributed by atoms with Crippen LogP contribution in [0.4, 0.5) is 4.39 Å². The van der Waals surface area contributed by atoms with Crippen molar-refractivity contribution >= 4 is 0 Å². The Morgan fingerprint density at radius 1 is 0.920 bits per heavy atom. The van der Waals surface area contributed by atoms with E-state index in [1.54, 1.807) is 12.1 Å². The third kappa shape index (κ3) is 5.15. The molecule has 0 N–H and O–H groups in total. The lowest BCUT2D eigenvalue weighted by Crippen LogP contribution is -2.20. The molecule has 2 unspecified atom stereocenters. The molecule has 1 fully saturated rings. The standard InChI is InChI=1S/C23H30FN/c1-2-3-4-6-11-21-17-25(16-19-12-14-22(24)15-13-19)18-23(21)20-9-7-5-8-10-20/h5,7-10,12-15,21,23H,2-4,6,11,16-18H2,1H3. The summed E-state index contributed by atoms with van der Waals surface area (Å²) >= 11 is 0.